The highest BCUT2D eigenvalue weighted by atomic mass is 16.5. The number of hydrogen-bond donors (Lipinski definition) is 1. The molecule has 1 aromatic carbocycles. The Morgan fingerprint density at radius 3 is 2.74 bits per heavy atom. The number of esters is 1. The summed E-state index contributed by atoms with van der Waals surface area (Å²) in [5.74, 6) is -0.421. The standard InChI is InChI=1S/C33H33N3O7/c1-41-31(39)15-27(22-6-4-8-25(13-22)42-20-24-7-2-3-11-34-24)33-32(40)29(37)14-26(43-33)19-35-16-21-12-23(18-35)28-9-5-10-30(38)36(28)17-21/h2-11,13-14,21,23,27,40H,12,15-20H2,1H3/t21-,23+,27?/m1/s1. The molecular formula is C33H33N3O7. The average Bonchev–Trinajstić information content (AvgIpc) is 3.02. The Morgan fingerprint density at radius 1 is 1.07 bits per heavy atom. The summed E-state index contributed by atoms with van der Waals surface area (Å²) < 4.78 is 19.0. The average molecular weight is 584 g/mol. The number of pyridine rings is 2. The molecule has 222 valence electrons. The van der Waals surface area contributed by atoms with Gasteiger partial charge in [0, 0.05) is 49.6 Å². The lowest BCUT2D eigenvalue weighted by molar-refractivity contribution is -0.140. The minimum Gasteiger partial charge on any atom is -0.502 e. The summed E-state index contributed by atoms with van der Waals surface area (Å²) in [7, 11) is 1.29. The lowest BCUT2D eigenvalue weighted by Gasteiger charge is -2.42. The van der Waals surface area contributed by atoms with Gasteiger partial charge in [0.05, 0.1) is 31.7 Å². The Bertz CT molecular complexity index is 1730. The third kappa shape index (κ3) is 6.24. The van der Waals surface area contributed by atoms with E-state index >= 15 is 0 Å². The van der Waals surface area contributed by atoms with Crippen LogP contribution in [0.5, 0.6) is 11.5 Å². The Kier molecular flexibility index (Phi) is 8.11. The lowest BCUT2D eigenvalue weighted by Crippen LogP contribution is -2.46. The molecule has 1 N–H and O–H groups in total. The van der Waals surface area contributed by atoms with Crippen LogP contribution in [-0.4, -0.2) is 45.7 Å². The summed E-state index contributed by atoms with van der Waals surface area (Å²) in [5.41, 5.74) is 1.85. The molecule has 0 saturated carbocycles. The van der Waals surface area contributed by atoms with E-state index in [9.17, 15) is 19.5 Å². The molecule has 10 nitrogen and oxygen atoms in total. The molecule has 0 radical (unpaired) electrons. The van der Waals surface area contributed by atoms with Crippen LogP contribution < -0.4 is 15.7 Å². The number of methoxy groups -OCH3 is 1. The van der Waals surface area contributed by atoms with Crippen molar-refractivity contribution in [3.63, 3.8) is 0 Å². The molecule has 43 heavy (non-hydrogen) atoms. The third-order valence-electron chi connectivity index (χ3n) is 8.22. The Labute approximate surface area is 248 Å². The molecule has 1 unspecified atom stereocenters. The highest BCUT2D eigenvalue weighted by Gasteiger charge is 2.35. The summed E-state index contributed by atoms with van der Waals surface area (Å²) in [6.45, 7) is 2.72. The fourth-order valence-corrected chi connectivity index (χ4v) is 6.29. The van der Waals surface area contributed by atoms with Gasteiger partial charge in [-0.15, -0.1) is 0 Å². The Balaban J connectivity index is 1.27. The number of carbonyl (C=O) groups is 1. The van der Waals surface area contributed by atoms with Crippen LogP contribution >= 0.6 is 0 Å². The van der Waals surface area contributed by atoms with Gasteiger partial charge in [0.15, 0.2) is 5.76 Å². The monoisotopic (exact) mass is 583 g/mol. The van der Waals surface area contributed by atoms with Gasteiger partial charge in [-0.1, -0.05) is 24.3 Å². The van der Waals surface area contributed by atoms with Crippen LogP contribution in [0.3, 0.4) is 0 Å². The van der Waals surface area contributed by atoms with Gasteiger partial charge >= 0.3 is 5.97 Å². The van der Waals surface area contributed by atoms with E-state index in [1.54, 1.807) is 42.6 Å². The van der Waals surface area contributed by atoms with Crippen LogP contribution in [0.4, 0.5) is 0 Å². The van der Waals surface area contributed by atoms with Crippen molar-refractivity contribution in [3.05, 3.63) is 122 Å². The number of hydrogen-bond acceptors (Lipinski definition) is 9. The van der Waals surface area contributed by atoms with Gasteiger partial charge < -0.3 is 23.6 Å². The summed E-state index contributed by atoms with van der Waals surface area (Å²) >= 11 is 0. The van der Waals surface area contributed by atoms with Crippen molar-refractivity contribution >= 4 is 5.97 Å². The number of piperidine rings is 1. The quantitative estimate of drug-likeness (QED) is 0.293. The van der Waals surface area contributed by atoms with Crippen LogP contribution in [0.1, 0.15) is 53.1 Å². The number of aromatic hydroxyl groups is 1. The maximum absolute atomic E-state index is 13.0. The number of likely N-dealkylation sites (tertiary alicyclic amines) is 1. The third-order valence-corrected chi connectivity index (χ3v) is 8.22. The minimum absolute atomic E-state index is 0.00359. The van der Waals surface area contributed by atoms with Crippen LogP contribution in [-0.2, 0) is 29.2 Å². The van der Waals surface area contributed by atoms with E-state index in [1.807, 2.05) is 28.8 Å². The second-order valence-electron chi connectivity index (χ2n) is 11.2. The van der Waals surface area contributed by atoms with Crippen LogP contribution in [0, 0.1) is 5.92 Å². The van der Waals surface area contributed by atoms with Gasteiger partial charge in [-0.05, 0) is 48.2 Å². The number of carbonyl (C=O) groups excluding carboxylic acids is 1. The zero-order valence-electron chi connectivity index (χ0n) is 23.8. The molecule has 0 aliphatic carbocycles. The highest BCUT2D eigenvalue weighted by Crippen LogP contribution is 2.37. The van der Waals surface area contributed by atoms with Crippen molar-refractivity contribution in [1.29, 1.82) is 0 Å². The summed E-state index contributed by atoms with van der Waals surface area (Å²) in [4.78, 5) is 44.4. The van der Waals surface area contributed by atoms with E-state index < -0.39 is 23.1 Å². The smallest absolute Gasteiger partial charge is 0.306 e. The molecule has 2 bridgehead atoms. The summed E-state index contributed by atoms with van der Waals surface area (Å²) in [6, 6.07) is 19.4. The number of rotatable bonds is 9. The van der Waals surface area contributed by atoms with E-state index in [2.05, 4.69) is 9.88 Å². The van der Waals surface area contributed by atoms with E-state index in [4.69, 9.17) is 13.9 Å². The maximum atomic E-state index is 13.0. The molecule has 1 fully saturated rings. The van der Waals surface area contributed by atoms with E-state index in [1.165, 1.54) is 13.2 Å². The van der Waals surface area contributed by atoms with Gasteiger partial charge in [-0.25, -0.2) is 0 Å². The topological polar surface area (TPSA) is 124 Å². The largest absolute Gasteiger partial charge is 0.502 e. The zero-order chi connectivity index (χ0) is 29.9. The normalized spacial score (nSPS) is 18.4. The number of nitrogens with zero attached hydrogens (tertiary/aromatic N) is 3. The predicted molar refractivity (Wildman–Crippen MR) is 157 cm³/mol. The Morgan fingerprint density at radius 2 is 1.93 bits per heavy atom. The first-order valence-electron chi connectivity index (χ1n) is 14.4. The van der Waals surface area contributed by atoms with Gasteiger partial charge in [0.25, 0.3) is 5.56 Å². The van der Waals surface area contributed by atoms with E-state index in [0.29, 0.717) is 42.6 Å². The van der Waals surface area contributed by atoms with Crippen LogP contribution in [0.2, 0.25) is 0 Å². The Hall–Kier alpha value is -4.70. The van der Waals surface area contributed by atoms with E-state index in [0.717, 1.165) is 24.4 Å². The molecule has 5 heterocycles. The second kappa shape index (κ2) is 12.3. The number of fused-ring (bicyclic) bond motifs is 4. The first-order valence-corrected chi connectivity index (χ1v) is 14.4. The van der Waals surface area contributed by atoms with Crippen LogP contribution in [0.15, 0.2) is 86.9 Å². The molecule has 2 aliphatic rings. The van der Waals surface area contributed by atoms with Gasteiger partial charge in [0.2, 0.25) is 11.2 Å². The summed E-state index contributed by atoms with van der Waals surface area (Å²) in [6.07, 6.45) is 2.54. The summed E-state index contributed by atoms with van der Waals surface area (Å²) in [5, 5.41) is 10.9. The van der Waals surface area contributed by atoms with Gasteiger partial charge in [-0.3, -0.25) is 24.3 Å². The maximum Gasteiger partial charge on any atom is 0.306 e. The van der Waals surface area contributed by atoms with Crippen molar-refractivity contribution in [2.24, 2.45) is 5.92 Å². The molecule has 6 rings (SSSR count). The lowest BCUT2D eigenvalue weighted by atomic mass is 9.83. The van der Waals surface area contributed by atoms with Crippen LogP contribution in [0.25, 0.3) is 0 Å². The molecule has 3 aromatic heterocycles. The first kappa shape index (κ1) is 28.4. The second-order valence-corrected chi connectivity index (χ2v) is 11.2. The highest BCUT2D eigenvalue weighted by molar-refractivity contribution is 5.71. The van der Waals surface area contributed by atoms with Crippen molar-refractivity contribution in [1.82, 2.24) is 14.5 Å². The van der Waals surface area contributed by atoms with Crippen molar-refractivity contribution in [2.45, 2.75) is 44.4 Å². The molecule has 0 amide bonds. The fraction of sp³-hybridized carbons (Fsp3) is 0.333. The molecule has 0 spiro atoms. The number of ether oxygens (including phenoxy) is 2. The van der Waals surface area contributed by atoms with Crippen molar-refractivity contribution < 1.29 is 23.8 Å². The van der Waals surface area contributed by atoms with Gasteiger partial charge in [0.1, 0.15) is 18.1 Å². The number of benzene rings is 1. The van der Waals surface area contributed by atoms with Gasteiger partial charge in [-0.2, -0.15) is 0 Å². The predicted octanol–water partition coefficient (Wildman–Crippen LogP) is 3.80. The first-order chi connectivity index (χ1) is 20.9. The molecular weight excluding hydrogens is 550 g/mol. The SMILES string of the molecule is COC(=O)CC(c1cccc(OCc2ccccn2)c1)c1oc(CN2C[C@H]3C[C@@H](C2)c2cccc(=O)n2C3)cc(=O)c1O. The molecule has 4 aromatic rings. The van der Waals surface area contributed by atoms with E-state index in [-0.39, 0.29) is 30.3 Å². The molecule has 1 saturated heterocycles. The minimum atomic E-state index is -0.794. The number of aromatic nitrogens is 2. The van der Waals surface area contributed by atoms with Crippen molar-refractivity contribution in [3.8, 4) is 11.5 Å². The molecule has 2 aliphatic heterocycles. The molecule has 10 heteroatoms. The van der Waals surface area contributed by atoms with Crippen molar-refractivity contribution in [2.75, 3.05) is 20.2 Å². The molecule has 3 atom stereocenters. The zero-order valence-corrected chi connectivity index (χ0v) is 23.8. The fourth-order valence-electron chi connectivity index (χ4n) is 6.29.